The minimum Gasteiger partial charge on any atom is -0.0924 e. The lowest BCUT2D eigenvalue weighted by molar-refractivity contribution is 1.17. The van der Waals surface area contributed by atoms with Crippen molar-refractivity contribution >= 4 is 15.9 Å². The zero-order valence-electron chi connectivity index (χ0n) is 8.49. The lowest BCUT2D eigenvalue weighted by Crippen LogP contribution is -1.85. The van der Waals surface area contributed by atoms with E-state index in [0.717, 1.165) is 11.8 Å². The predicted octanol–water partition coefficient (Wildman–Crippen LogP) is 4.29. The molecule has 0 radical (unpaired) electrons. The van der Waals surface area contributed by atoms with Gasteiger partial charge in [-0.3, -0.25) is 0 Å². The SMILES string of the molecule is BrCCc1ccc(-c2ccccc2)cc1. The predicted molar refractivity (Wildman–Crippen MR) is 69.4 cm³/mol. The van der Waals surface area contributed by atoms with E-state index < -0.39 is 0 Å². The fourth-order valence-electron chi connectivity index (χ4n) is 1.60. The summed E-state index contributed by atoms with van der Waals surface area (Å²) in [6.45, 7) is 0. The summed E-state index contributed by atoms with van der Waals surface area (Å²) in [5.74, 6) is 0. The van der Waals surface area contributed by atoms with Gasteiger partial charge < -0.3 is 0 Å². The Morgan fingerprint density at radius 2 is 1.33 bits per heavy atom. The molecule has 15 heavy (non-hydrogen) atoms. The minimum absolute atomic E-state index is 1.03. The number of aryl methyl sites for hydroxylation is 1. The van der Waals surface area contributed by atoms with Crippen molar-refractivity contribution in [3.05, 3.63) is 60.2 Å². The van der Waals surface area contributed by atoms with Crippen LogP contribution in [0.15, 0.2) is 54.6 Å². The first-order chi connectivity index (χ1) is 7.40. The van der Waals surface area contributed by atoms with E-state index in [0.29, 0.717) is 0 Å². The number of hydrogen-bond acceptors (Lipinski definition) is 0. The maximum atomic E-state index is 3.45. The molecular formula is C14H13Br. The average molecular weight is 261 g/mol. The van der Waals surface area contributed by atoms with Gasteiger partial charge in [0.2, 0.25) is 0 Å². The molecule has 0 spiro atoms. The Morgan fingerprint density at radius 3 is 1.93 bits per heavy atom. The molecule has 2 rings (SSSR count). The number of hydrogen-bond donors (Lipinski definition) is 0. The highest BCUT2D eigenvalue weighted by Crippen LogP contribution is 2.19. The van der Waals surface area contributed by atoms with Gasteiger partial charge in [-0.15, -0.1) is 0 Å². The molecule has 0 heterocycles. The molecule has 0 aliphatic carbocycles. The standard InChI is InChI=1S/C14H13Br/c15-11-10-12-6-8-14(9-7-12)13-4-2-1-3-5-13/h1-9H,10-11H2. The van der Waals surface area contributed by atoms with Gasteiger partial charge in [-0.2, -0.15) is 0 Å². The Hall–Kier alpha value is -1.08. The van der Waals surface area contributed by atoms with Gasteiger partial charge in [0.25, 0.3) is 0 Å². The van der Waals surface area contributed by atoms with Crippen LogP contribution in [-0.2, 0) is 6.42 Å². The van der Waals surface area contributed by atoms with Gasteiger partial charge in [-0.25, -0.2) is 0 Å². The van der Waals surface area contributed by atoms with Crippen molar-refractivity contribution in [2.45, 2.75) is 6.42 Å². The first kappa shape index (κ1) is 10.4. The summed E-state index contributed by atoms with van der Waals surface area (Å²) < 4.78 is 0. The molecule has 0 aliphatic rings. The quantitative estimate of drug-likeness (QED) is 0.723. The van der Waals surface area contributed by atoms with Crippen LogP contribution >= 0.6 is 15.9 Å². The molecule has 0 amide bonds. The Bertz CT molecular complexity index is 403. The topological polar surface area (TPSA) is 0 Å². The van der Waals surface area contributed by atoms with Gasteiger partial charge in [0, 0.05) is 5.33 Å². The number of benzene rings is 2. The summed E-state index contributed by atoms with van der Waals surface area (Å²) in [6, 6.07) is 19.2. The third-order valence-corrected chi connectivity index (χ3v) is 2.84. The number of halogens is 1. The van der Waals surface area contributed by atoms with Crippen LogP contribution in [0.3, 0.4) is 0 Å². The third-order valence-electron chi connectivity index (χ3n) is 2.44. The highest BCUT2D eigenvalue weighted by molar-refractivity contribution is 9.09. The molecular weight excluding hydrogens is 248 g/mol. The second-order valence-electron chi connectivity index (χ2n) is 3.50. The molecule has 0 saturated heterocycles. The first-order valence-corrected chi connectivity index (χ1v) is 6.22. The van der Waals surface area contributed by atoms with Crippen LogP contribution in [0.4, 0.5) is 0 Å². The molecule has 0 atom stereocenters. The zero-order chi connectivity index (χ0) is 10.5. The molecule has 0 N–H and O–H groups in total. The number of rotatable bonds is 3. The molecule has 0 bridgehead atoms. The van der Waals surface area contributed by atoms with Crippen LogP contribution in [0.1, 0.15) is 5.56 Å². The highest BCUT2D eigenvalue weighted by Gasteiger charge is 1.96. The molecule has 2 aromatic carbocycles. The van der Waals surface area contributed by atoms with Gasteiger partial charge in [-0.05, 0) is 23.1 Å². The summed E-state index contributed by atoms with van der Waals surface area (Å²) in [5.41, 5.74) is 3.95. The van der Waals surface area contributed by atoms with Crippen LogP contribution in [0.2, 0.25) is 0 Å². The second kappa shape index (κ2) is 5.13. The van der Waals surface area contributed by atoms with Crippen molar-refractivity contribution in [2.24, 2.45) is 0 Å². The first-order valence-electron chi connectivity index (χ1n) is 5.10. The fraction of sp³-hybridized carbons (Fsp3) is 0.143. The van der Waals surface area contributed by atoms with Crippen LogP contribution < -0.4 is 0 Å². The number of alkyl halides is 1. The Kier molecular flexibility index (Phi) is 3.57. The lowest BCUT2D eigenvalue weighted by atomic mass is 10.0. The van der Waals surface area contributed by atoms with Crippen molar-refractivity contribution in [2.75, 3.05) is 5.33 Å². The van der Waals surface area contributed by atoms with Gasteiger partial charge in [0.15, 0.2) is 0 Å². The van der Waals surface area contributed by atoms with Crippen LogP contribution in [0.5, 0.6) is 0 Å². The van der Waals surface area contributed by atoms with E-state index in [1.165, 1.54) is 16.7 Å². The van der Waals surface area contributed by atoms with Crippen molar-refractivity contribution in [3.63, 3.8) is 0 Å². The third kappa shape index (κ3) is 2.69. The molecule has 0 nitrogen and oxygen atoms in total. The van der Waals surface area contributed by atoms with Gasteiger partial charge in [0.05, 0.1) is 0 Å². The normalized spacial score (nSPS) is 10.2. The van der Waals surface area contributed by atoms with E-state index in [-0.39, 0.29) is 0 Å². The monoisotopic (exact) mass is 260 g/mol. The van der Waals surface area contributed by atoms with Crippen molar-refractivity contribution in [1.82, 2.24) is 0 Å². The van der Waals surface area contributed by atoms with E-state index in [1.807, 2.05) is 6.07 Å². The summed E-state index contributed by atoms with van der Waals surface area (Å²) in [5, 5.41) is 1.03. The molecule has 76 valence electrons. The smallest absolute Gasteiger partial charge is 0.00718 e. The molecule has 2 aromatic rings. The molecule has 0 fully saturated rings. The largest absolute Gasteiger partial charge is 0.0924 e. The van der Waals surface area contributed by atoms with Gasteiger partial charge >= 0.3 is 0 Å². The molecule has 0 aliphatic heterocycles. The van der Waals surface area contributed by atoms with Crippen LogP contribution in [-0.4, -0.2) is 5.33 Å². The summed E-state index contributed by atoms with van der Waals surface area (Å²) in [6.07, 6.45) is 1.09. The Balaban J connectivity index is 2.24. The zero-order valence-corrected chi connectivity index (χ0v) is 10.1. The van der Waals surface area contributed by atoms with E-state index in [9.17, 15) is 0 Å². The summed E-state index contributed by atoms with van der Waals surface area (Å²) >= 11 is 3.45. The Labute approximate surface area is 99.1 Å². The van der Waals surface area contributed by atoms with Crippen molar-refractivity contribution < 1.29 is 0 Å². The lowest BCUT2D eigenvalue weighted by Gasteiger charge is -2.02. The van der Waals surface area contributed by atoms with Crippen molar-refractivity contribution in [1.29, 1.82) is 0 Å². The molecule has 0 aromatic heterocycles. The van der Waals surface area contributed by atoms with E-state index in [2.05, 4.69) is 64.5 Å². The van der Waals surface area contributed by atoms with Crippen LogP contribution in [0, 0.1) is 0 Å². The second-order valence-corrected chi connectivity index (χ2v) is 4.29. The van der Waals surface area contributed by atoms with Gasteiger partial charge in [-0.1, -0.05) is 70.5 Å². The van der Waals surface area contributed by atoms with Gasteiger partial charge in [0.1, 0.15) is 0 Å². The minimum atomic E-state index is 1.03. The van der Waals surface area contributed by atoms with E-state index in [1.54, 1.807) is 0 Å². The highest BCUT2D eigenvalue weighted by atomic mass is 79.9. The Morgan fingerprint density at radius 1 is 0.733 bits per heavy atom. The van der Waals surface area contributed by atoms with Crippen LogP contribution in [0.25, 0.3) is 11.1 Å². The van der Waals surface area contributed by atoms with E-state index in [4.69, 9.17) is 0 Å². The summed E-state index contributed by atoms with van der Waals surface area (Å²) in [7, 11) is 0. The molecule has 1 heteroatoms. The average Bonchev–Trinajstić information content (AvgIpc) is 2.32. The fourth-order valence-corrected chi connectivity index (χ4v) is 2.06. The van der Waals surface area contributed by atoms with E-state index >= 15 is 0 Å². The molecule has 0 saturated carbocycles. The maximum absolute atomic E-state index is 3.45. The van der Waals surface area contributed by atoms with Crippen molar-refractivity contribution in [3.8, 4) is 11.1 Å². The summed E-state index contributed by atoms with van der Waals surface area (Å²) in [4.78, 5) is 0. The molecule has 0 unspecified atom stereocenters. The maximum Gasteiger partial charge on any atom is 0.00718 e.